The molecular weight excluding hydrogens is 382 g/mol. The summed E-state index contributed by atoms with van der Waals surface area (Å²) in [6.45, 7) is 0.445. The van der Waals surface area contributed by atoms with Crippen LogP contribution in [0.25, 0.3) is 6.08 Å². The van der Waals surface area contributed by atoms with Gasteiger partial charge in [-0.3, -0.25) is 9.98 Å². The largest absolute Gasteiger partial charge is 0.280 e. The highest BCUT2D eigenvalue weighted by Gasteiger charge is 2.23. The van der Waals surface area contributed by atoms with Crippen molar-refractivity contribution in [2.24, 2.45) is 4.99 Å². The number of aromatic nitrogens is 1. The molecule has 0 N–H and O–H groups in total. The standard InChI is InChI=1S/C21H14F2N2O2S/c22-16-9-17(23)11-19(10-16)28(26,27)18-3-2-15-13-25-21(20(15)12-18)4-1-14-5-7-24-8-6-14/h1-12H,13H2/b4-1+. The number of sulfone groups is 1. The topological polar surface area (TPSA) is 59.4 Å². The third-order valence-electron chi connectivity index (χ3n) is 4.37. The van der Waals surface area contributed by atoms with Gasteiger partial charge in [0, 0.05) is 24.0 Å². The fourth-order valence-corrected chi connectivity index (χ4v) is 4.29. The predicted molar refractivity (Wildman–Crippen MR) is 102 cm³/mol. The summed E-state index contributed by atoms with van der Waals surface area (Å²) >= 11 is 0. The van der Waals surface area contributed by atoms with Gasteiger partial charge in [-0.25, -0.2) is 17.2 Å². The van der Waals surface area contributed by atoms with E-state index >= 15 is 0 Å². The quantitative estimate of drug-likeness (QED) is 0.664. The number of pyridine rings is 1. The summed E-state index contributed by atoms with van der Waals surface area (Å²) in [4.78, 5) is 7.94. The Hall–Kier alpha value is -3.19. The molecule has 2 heterocycles. The fourth-order valence-electron chi connectivity index (χ4n) is 2.97. The Labute approximate surface area is 160 Å². The summed E-state index contributed by atoms with van der Waals surface area (Å²) in [5.41, 5.74) is 3.15. The monoisotopic (exact) mass is 396 g/mol. The van der Waals surface area contributed by atoms with Crippen molar-refractivity contribution >= 4 is 21.6 Å². The van der Waals surface area contributed by atoms with Crippen molar-refractivity contribution < 1.29 is 17.2 Å². The number of benzene rings is 2. The molecule has 1 aromatic heterocycles. The molecule has 0 amide bonds. The minimum absolute atomic E-state index is 0.0387. The summed E-state index contributed by atoms with van der Waals surface area (Å²) in [6, 6.07) is 10.5. The first-order valence-electron chi connectivity index (χ1n) is 8.40. The molecule has 1 aliphatic heterocycles. The third kappa shape index (κ3) is 3.48. The second kappa shape index (κ2) is 7.09. The highest BCUT2D eigenvalue weighted by Crippen LogP contribution is 2.28. The Morgan fingerprint density at radius 3 is 2.29 bits per heavy atom. The molecule has 0 bridgehead atoms. The van der Waals surface area contributed by atoms with Crippen molar-refractivity contribution in [2.45, 2.75) is 16.3 Å². The van der Waals surface area contributed by atoms with Crippen molar-refractivity contribution in [3.63, 3.8) is 0 Å². The number of nitrogens with zero attached hydrogens (tertiary/aromatic N) is 2. The number of aliphatic imine (C=N–C) groups is 1. The lowest BCUT2D eigenvalue weighted by molar-refractivity contribution is 0.567. The molecule has 0 atom stereocenters. The van der Waals surface area contributed by atoms with Crippen molar-refractivity contribution in [2.75, 3.05) is 0 Å². The second-order valence-electron chi connectivity index (χ2n) is 6.24. The first-order chi connectivity index (χ1) is 13.4. The summed E-state index contributed by atoms with van der Waals surface area (Å²) < 4.78 is 52.6. The average molecular weight is 396 g/mol. The van der Waals surface area contributed by atoms with Crippen LogP contribution in [-0.2, 0) is 16.4 Å². The van der Waals surface area contributed by atoms with E-state index in [0.29, 0.717) is 23.9 Å². The molecule has 0 aliphatic carbocycles. The van der Waals surface area contributed by atoms with Crippen LogP contribution in [0.1, 0.15) is 16.7 Å². The van der Waals surface area contributed by atoms with Gasteiger partial charge in [0.25, 0.3) is 0 Å². The van der Waals surface area contributed by atoms with E-state index in [2.05, 4.69) is 9.98 Å². The smallest absolute Gasteiger partial charge is 0.206 e. The van der Waals surface area contributed by atoms with Crippen LogP contribution in [0, 0.1) is 11.6 Å². The number of fused-ring (bicyclic) bond motifs is 1. The molecule has 3 aromatic rings. The molecule has 0 unspecified atom stereocenters. The van der Waals surface area contributed by atoms with Gasteiger partial charge in [0.15, 0.2) is 0 Å². The van der Waals surface area contributed by atoms with E-state index < -0.39 is 26.4 Å². The van der Waals surface area contributed by atoms with E-state index in [4.69, 9.17) is 0 Å². The third-order valence-corrected chi connectivity index (χ3v) is 6.10. The zero-order valence-electron chi connectivity index (χ0n) is 14.5. The lowest BCUT2D eigenvalue weighted by Gasteiger charge is -2.08. The first-order valence-corrected chi connectivity index (χ1v) is 9.89. The number of halogens is 2. The van der Waals surface area contributed by atoms with E-state index in [1.165, 1.54) is 12.1 Å². The Kier molecular flexibility index (Phi) is 4.60. The van der Waals surface area contributed by atoms with Gasteiger partial charge in [-0.05, 0) is 53.6 Å². The molecule has 0 spiro atoms. The van der Waals surface area contributed by atoms with Crippen molar-refractivity contribution in [1.82, 2.24) is 4.98 Å². The summed E-state index contributed by atoms with van der Waals surface area (Å²) in [5, 5.41) is 0. The van der Waals surface area contributed by atoms with Crippen LogP contribution in [0.4, 0.5) is 8.78 Å². The molecule has 28 heavy (non-hydrogen) atoms. The van der Waals surface area contributed by atoms with E-state index in [-0.39, 0.29) is 4.90 Å². The normalized spacial score (nSPS) is 13.6. The predicted octanol–water partition coefficient (Wildman–Crippen LogP) is 4.21. The van der Waals surface area contributed by atoms with Gasteiger partial charge < -0.3 is 0 Å². The molecule has 1 aliphatic rings. The van der Waals surface area contributed by atoms with E-state index in [1.54, 1.807) is 24.5 Å². The van der Waals surface area contributed by atoms with Crippen LogP contribution < -0.4 is 0 Å². The lowest BCUT2D eigenvalue weighted by Crippen LogP contribution is -2.05. The maximum atomic E-state index is 13.5. The second-order valence-corrected chi connectivity index (χ2v) is 8.19. The van der Waals surface area contributed by atoms with Gasteiger partial charge in [-0.1, -0.05) is 12.1 Å². The zero-order valence-corrected chi connectivity index (χ0v) is 15.3. The van der Waals surface area contributed by atoms with Crippen LogP contribution in [0.2, 0.25) is 0 Å². The highest BCUT2D eigenvalue weighted by molar-refractivity contribution is 7.91. The van der Waals surface area contributed by atoms with E-state index in [9.17, 15) is 17.2 Å². The van der Waals surface area contributed by atoms with Crippen LogP contribution in [0.15, 0.2) is 81.8 Å². The fraction of sp³-hybridized carbons (Fsp3) is 0.0476. The molecule has 4 nitrogen and oxygen atoms in total. The Bertz CT molecular complexity index is 1200. The Morgan fingerprint density at radius 1 is 0.857 bits per heavy atom. The summed E-state index contributed by atoms with van der Waals surface area (Å²) in [6.07, 6.45) is 7.01. The van der Waals surface area contributed by atoms with Crippen molar-refractivity contribution in [3.05, 3.63) is 95.3 Å². The van der Waals surface area contributed by atoms with Crippen LogP contribution in [-0.4, -0.2) is 19.1 Å². The average Bonchev–Trinajstić information content (AvgIpc) is 3.09. The zero-order chi connectivity index (χ0) is 19.7. The molecule has 4 rings (SSSR count). The number of allylic oxidation sites excluding steroid dienone is 1. The van der Waals surface area contributed by atoms with Gasteiger partial charge in [0.2, 0.25) is 9.84 Å². The van der Waals surface area contributed by atoms with Crippen molar-refractivity contribution in [1.29, 1.82) is 0 Å². The summed E-state index contributed by atoms with van der Waals surface area (Å²) in [5.74, 6) is -1.88. The van der Waals surface area contributed by atoms with Crippen LogP contribution in [0.3, 0.4) is 0 Å². The Balaban J connectivity index is 1.71. The number of hydrogen-bond donors (Lipinski definition) is 0. The van der Waals surface area contributed by atoms with Crippen molar-refractivity contribution in [3.8, 4) is 0 Å². The molecule has 0 fully saturated rings. The van der Waals surface area contributed by atoms with Gasteiger partial charge in [0.1, 0.15) is 11.6 Å². The number of hydrogen-bond acceptors (Lipinski definition) is 4. The molecule has 0 radical (unpaired) electrons. The number of rotatable bonds is 4. The maximum absolute atomic E-state index is 13.5. The SMILES string of the molecule is O=S(=O)(c1cc(F)cc(F)c1)c1ccc2c(c1)C(/C=C/c1ccncc1)=NC2. The van der Waals surface area contributed by atoms with Crippen LogP contribution in [0.5, 0.6) is 0 Å². The molecule has 2 aromatic carbocycles. The van der Waals surface area contributed by atoms with Gasteiger partial charge in [-0.15, -0.1) is 0 Å². The molecule has 7 heteroatoms. The molecule has 140 valence electrons. The molecule has 0 saturated carbocycles. The molecular formula is C21H14F2N2O2S. The van der Waals surface area contributed by atoms with Gasteiger partial charge in [0.05, 0.1) is 22.0 Å². The minimum Gasteiger partial charge on any atom is -0.280 e. The lowest BCUT2D eigenvalue weighted by atomic mass is 10.1. The summed E-state index contributed by atoms with van der Waals surface area (Å²) in [7, 11) is -4.06. The first kappa shape index (κ1) is 18.2. The molecule has 0 saturated heterocycles. The minimum atomic E-state index is -4.06. The van der Waals surface area contributed by atoms with Gasteiger partial charge >= 0.3 is 0 Å². The maximum Gasteiger partial charge on any atom is 0.206 e. The highest BCUT2D eigenvalue weighted by atomic mass is 32.2. The van der Waals surface area contributed by atoms with Gasteiger partial charge in [-0.2, -0.15) is 0 Å². The van der Waals surface area contributed by atoms with Crippen LogP contribution >= 0.6 is 0 Å². The van der Waals surface area contributed by atoms with E-state index in [0.717, 1.165) is 23.3 Å². The van der Waals surface area contributed by atoms with E-state index in [1.807, 2.05) is 18.2 Å². The Morgan fingerprint density at radius 2 is 1.57 bits per heavy atom.